The number of aryl methyl sites for hydroxylation is 1. The van der Waals surface area contributed by atoms with E-state index in [2.05, 4.69) is 79.3 Å². The lowest BCUT2D eigenvalue weighted by atomic mass is 9.87. The molecule has 0 aliphatic heterocycles. The zero-order valence-electron chi connectivity index (χ0n) is 33.4. The fourth-order valence-electron chi connectivity index (χ4n) is 7.39. The van der Waals surface area contributed by atoms with E-state index in [0.29, 0.717) is 42.3 Å². The molecule has 0 saturated heterocycles. The Bertz CT molecular complexity index is 1320. The van der Waals surface area contributed by atoms with Crippen LogP contribution in [0.3, 0.4) is 0 Å². The van der Waals surface area contributed by atoms with Crippen molar-refractivity contribution < 1.29 is 34.0 Å². The van der Waals surface area contributed by atoms with Gasteiger partial charge in [0.1, 0.15) is 18.0 Å². The van der Waals surface area contributed by atoms with Gasteiger partial charge in [-0.25, -0.2) is 0 Å². The first-order valence-corrected chi connectivity index (χ1v) is 19.7. The van der Waals surface area contributed by atoms with Crippen molar-refractivity contribution >= 4 is 11.9 Å². The van der Waals surface area contributed by atoms with Crippen molar-refractivity contribution in [1.29, 1.82) is 0 Å². The Balaban J connectivity index is 0.000000210. The smallest absolute Gasteiger partial charge is 0.306 e. The molecule has 1 aromatic heterocycles. The minimum absolute atomic E-state index is 0.00440. The number of rotatable bonds is 8. The van der Waals surface area contributed by atoms with E-state index < -0.39 is 11.9 Å². The van der Waals surface area contributed by atoms with Crippen LogP contribution in [0.5, 0.6) is 5.75 Å². The van der Waals surface area contributed by atoms with Gasteiger partial charge in [0.2, 0.25) is 0 Å². The van der Waals surface area contributed by atoms with Crippen molar-refractivity contribution in [1.82, 2.24) is 4.98 Å². The van der Waals surface area contributed by atoms with Crippen molar-refractivity contribution in [3.63, 3.8) is 0 Å². The van der Waals surface area contributed by atoms with Crippen LogP contribution >= 0.6 is 0 Å². The zero-order chi connectivity index (χ0) is 37.9. The minimum atomic E-state index is -0.705. The third kappa shape index (κ3) is 15.4. The molecule has 2 unspecified atom stereocenters. The first-order chi connectivity index (χ1) is 23.8. The predicted octanol–water partition coefficient (Wildman–Crippen LogP) is 10.2. The maximum absolute atomic E-state index is 11.1. The summed E-state index contributed by atoms with van der Waals surface area (Å²) in [4.78, 5) is 26.6. The summed E-state index contributed by atoms with van der Waals surface area (Å²) in [5, 5.41) is 18.1. The van der Waals surface area contributed by atoms with Crippen LogP contribution < -0.4 is 4.74 Å². The average molecular weight is 712 g/mol. The molecule has 2 N–H and O–H groups in total. The van der Waals surface area contributed by atoms with Gasteiger partial charge in [-0.1, -0.05) is 60.3 Å². The molecule has 0 amide bonds. The molecule has 4 fully saturated rings. The van der Waals surface area contributed by atoms with Crippen molar-refractivity contribution in [3.05, 3.63) is 23.5 Å². The van der Waals surface area contributed by atoms with Gasteiger partial charge in [0, 0.05) is 11.1 Å². The molecule has 0 aromatic carbocycles. The summed E-state index contributed by atoms with van der Waals surface area (Å²) in [5.41, 5.74) is 2.32. The van der Waals surface area contributed by atoms with Crippen molar-refractivity contribution in [2.75, 3.05) is 0 Å². The molecule has 288 valence electrons. The molecule has 8 heteroatoms. The van der Waals surface area contributed by atoms with Crippen LogP contribution in [0.1, 0.15) is 163 Å². The lowest BCUT2D eigenvalue weighted by Gasteiger charge is -2.27. The highest BCUT2D eigenvalue weighted by Crippen LogP contribution is 2.48. The SMILES string of the molecule is CC(C)(C)C1CC1O[C@H]1CCC[C@H](C(=O)O)C1.C[C@H]1CCC[C@H](OC#CC(C)(C)C)C1.Cc1nc(C(C)C)ccc1O[C@H]1CCC[C@H](C(=O)O)C1. The Kier molecular flexibility index (Phi) is 16.2. The van der Waals surface area contributed by atoms with Gasteiger partial charge in [0.15, 0.2) is 0 Å². The summed E-state index contributed by atoms with van der Waals surface area (Å²) < 4.78 is 17.6. The summed E-state index contributed by atoms with van der Waals surface area (Å²) in [5.74, 6) is 3.96. The number of pyridine rings is 1. The minimum Gasteiger partial charge on any atom is -0.489 e. The van der Waals surface area contributed by atoms with Crippen LogP contribution in [0.25, 0.3) is 0 Å². The van der Waals surface area contributed by atoms with Crippen molar-refractivity contribution in [2.24, 2.45) is 34.5 Å². The Labute approximate surface area is 309 Å². The highest BCUT2D eigenvalue weighted by atomic mass is 16.5. The Morgan fingerprint density at radius 1 is 0.804 bits per heavy atom. The first kappa shape index (κ1) is 42.6. The predicted molar refractivity (Wildman–Crippen MR) is 203 cm³/mol. The maximum Gasteiger partial charge on any atom is 0.306 e. The van der Waals surface area contributed by atoms with Crippen LogP contribution in [-0.2, 0) is 19.1 Å². The number of carboxylic acid groups (broad SMARTS) is 2. The molecule has 0 bridgehead atoms. The summed E-state index contributed by atoms with van der Waals surface area (Å²) in [6.07, 6.45) is 16.7. The third-order valence-electron chi connectivity index (χ3n) is 10.6. The van der Waals surface area contributed by atoms with Crippen LogP contribution in [0.2, 0.25) is 0 Å². The number of carbonyl (C=O) groups is 2. The number of aliphatic carboxylic acids is 2. The molecular weight excluding hydrogens is 642 g/mol. The Hall–Kier alpha value is -2.79. The quantitative estimate of drug-likeness (QED) is 0.256. The van der Waals surface area contributed by atoms with Crippen molar-refractivity contribution in [2.45, 2.75) is 183 Å². The van der Waals surface area contributed by atoms with Gasteiger partial charge in [-0.15, -0.1) is 0 Å². The van der Waals surface area contributed by atoms with Gasteiger partial charge >= 0.3 is 11.9 Å². The number of nitrogens with zero attached hydrogens (tertiary/aromatic N) is 1. The molecule has 4 aliphatic rings. The van der Waals surface area contributed by atoms with Crippen LogP contribution in [0.4, 0.5) is 0 Å². The van der Waals surface area contributed by atoms with E-state index in [-0.39, 0.29) is 29.5 Å². The third-order valence-corrected chi connectivity index (χ3v) is 10.6. The van der Waals surface area contributed by atoms with Crippen molar-refractivity contribution in [3.8, 4) is 17.8 Å². The normalized spacial score (nSPS) is 29.2. The second-order valence-corrected chi connectivity index (χ2v) is 18.1. The molecular formula is C43H69NO7. The molecule has 1 aromatic rings. The highest BCUT2D eigenvalue weighted by Gasteiger charge is 2.47. The van der Waals surface area contributed by atoms with Gasteiger partial charge in [-0.2, -0.15) is 0 Å². The topological polar surface area (TPSA) is 115 Å². The molecule has 8 nitrogen and oxygen atoms in total. The number of carboxylic acids is 2. The summed E-state index contributed by atoms with van der Waals surface area (Å²) in [7, 11) is 0. The lowest BCUT2D eigenvalue weighted by molar-refractivity contribution is -0.145. The molecule has 1 heterocycles. The molecule has 51 heavy (non-hydrogen) atoms. The van der Waals surface area contributed by atoms with Gasteiger partial charge in [-0.05, 0) is 134 Å². The van der Waals surface area contributed by atoms with Gasteiger partial charge < -0.3 is 24.4 Å². The monoisotopic (exact) mass is 712 g/mol. The standard InChI is InChI=1S/C16H23NO3.C14H24O3.C13H22O/c1-10(2)14-7-8-15(11(3)17-14)20-13-6-4-5-12(9-13)16(18)19;1-14(2,3)11-8-12(11)17-10-6-4-5-9(7-10)13(15)16;1-11-6-5-7-12(10-11)14-9-8-13(2,3)4/h7-8,10,12-13H,4-6,9H2,1-3H3,(H,18,19);9-12H,4-8H2,1-3H3,(H,15,16);11-12H,5-7,10H2,1-4H3/t12-,13-;9-,10-,11?,12?;11-,12-/m000/s1. The molecule has 4 aliphatic carbocycles. The van der Waals surface area contributed by atoms with E-state index in [0.717, 1.165) is 68.0 Å². The fourth-order valence-corrected chi connectivity index (χ4v) is 7.39. The summed E-state index contributed by atoms with van der Waals surface area (Å²) >= 11 is 0. The Morgan fingerprint density at radius 3 is 1.88 bits per heavy atom. The van der Waals surface area contributed by atoms with Crippen LogP contribution in [-0.4, -0.2) is 51.6 Å². The molecule has 8 atom stereocenters. The van der Waals surface area contributed by atoms with Gasteiger partial charge in [0.05, 0.1) is 35.8 Å². The molecule has 0 spiro atoms. The zero-order valence-corrected chi connectivity index (χ0v) is 33.4. The lowest BCUT2D eigenvalue weighted by Crippen LogP contribution is -2.29. The van der Waals surface area contributed by atoms with Gasteiger partial charge in [0.25, 0.3) is 0 Å². The second kappa shape index (κ2) is 19.3. The first-order valence-electron chi connectivity index (χ1n) is 19.7. The van der Waals surface area contributed by atoms with Gasteiger partial charge in [-0.3, -0.25) is 14.6 Å². The number of hydrogen-bond donors (Lipinski definition) is 2. The van der Waals surface area contributed by atoms with Crippen LogP contribution in [0, 0.1) is 53.5 Å². The second-order valence-electron chi connectivity index (χ2n) is 18.1. The van der Waals surface area contributed by atoms with E-state index in [1.807, 2.05) is 19.1 Å². The Morgan fingerprint density at radius 2 is 1.37 bits per heavy atom. The number of hydrogen-bond acceptors (Lipinski definition) is 6. The summed E-state index contributed by atoms with van der Waals surface area (Å²) in [6, 6.07) is 3.95. The van der Waals surface area contributed by atoms with Crippen LogP contribution in [0.15, 0.2) is 12.1 Å². The molecule has 0 radical (unpaired) electrons. The number of ether oxygens (including phenoxy) is 3. The van der Waals surface area contributed by atoms with E-state index in [4.69, 9.17) is 24.4 Å². The largest absolute Gasteiger partial charge is 0.489 e. The van der Waals surface area contributed by atoms with E-state index in [1.165, 1.54) is 25.7 Å². The molecule has 5 rings (SSSR count). The average Bonchev–Trinajstić information content (AvgIpc) is 3.82. The fraction of sp³-hybridized carbons (Fsp3) is 0.791. The van der Waals surface area contributed by atoms with E-state index >= 15 is 0 Å². The maximum atomic E-state index is 11.1. The number of aromatic nitrogens is 1. The van der Waals surface area contributed by atoms with E-state index in [1.54, 1.807) is 0 Å². The molecule has 4 saturated carbocycles. The summed E-state index contributed by atoms with van der Waals surface area (Å²) in [6.45, 7) is 21.5. The van der Waals surface area contributed by atoms with E-state index in [9.17, 15) is 9.59 Å². The highest BCUT2D eigenvalue weighted by molar-refractivity contribution is 5.70.